The molecule has 0 saturated heterocycles. The lowest BCUT2D eigenvalue weighted by Crippen LogP contribution is -2.48. The zero-order chi connectivity index (χ0) is 25.1. The van der Waals surface area contributed by atoms with Crippen LogP contribution in [-0.2, 0) is 11.8 Å². The summed E-state index contributed by atoms with van der Waals surface area (Å²) in [6.45, 7) is 0.799. The zero-order valence-corrected chi connectivity index (χ0v) is 21.2. The highest BCUT2D eigenvalue weighted by Gasteiger charge is 2.40. The van der Waals surface area contributed by atoms with Crippen molar-refractivity contribution in [1.82, 2.24) is 9.55 Å². The van der Waals surface area contributed by atoms with Gasteiger partial charge in [0.25, 0.3) is 6.33 Å². The topological polar surface area (TPSA) is 51.2 Å². The van der Waals surface area contributed by atoms with Gasteiger partial charge in [0.05, 0.1) is 17.5 Å². The Morgan fingerprint density at radius 3 is 2.46 bits per heavy atom. The Labute approximate surface area is 215 Å². The van der Waals surface area contributed by atoms with E-state index in [4.69, 9.17) is 9.72 Å². The van der Waals surface area contributed by atoms with Crippen molar-refractivity contribution in [3.63, 3.8) is 0 Å². The molecule has 2 unspecified atom stereocenters. The number of hydrogen-bond acceptors (Lipinski definition) is 3. The van der Waals surface area contributed by atoms with Crippen LogP contribution in [0, 0.1) is 0 Å². The average Bonchev–Trinajstić information content (AvgIpc) is 3.21. The smallest absolute Gasteiger partial charge is 0.287 e. The molecular formula is C32H30N3O2+. The van der Waals surface area contributed by atoms with Gasteiger partial charge in [-0.25, -0.2) is 4.57 Å². The van der Waals surface area contributed by atoms with Crippen molar-refractivity contribution in [2.45, 2.75) is 24.8 Å². The van der Waals surface area contributed by atoms with E-state index in [0.29, 0.717) is 13.0 Å². The first kappa shape index (κ1) is 22.4. The molecule has 2 aromatic heterocycles. The maximum atomic E-state index is 10.1. The predicted molar refractivity (Wildman–Crippen MR) is 149 cm³/mol. The van der Waals surface area contributed by atoms with Crippen LogP contribution in [0.2, 0.25) is 0 Å². The summed E-state index contributed by atoms with van der Waals surface area (Å²) < 4.78 is 10.2. The highest BCUT2D eigenvalue weighted by molar-refractivity contribution is 6.14. The largest absolute Gasteiger partial charge is 0.396 e. The third-order valence-corrected chi connectivity index (χ3v) is 8.31. The number of aryl methyl sites for hydroxylation is 1. The Balaban J connectivity index is 1.64. The maximum absolute atomic E-state index is 10.1. The number of aliphatic hydroxyl groups is 1. The lowest BCUT2D eigenvalue weighted by Gasteiger charge is -2.33. The van der Waals surface area contributed by atoms with Crippen LogP contribution >= 0.6 is 0 Å². The van der Waals surface area contributed by atoms with Crippen molar-refractivity contribution in [2.24, 2.45) is 7.05 Å². The minimum atomic E-state index is 0.143. The summed E-state index contributed by atoms with van der Waals surface area (Å²) >= 11 is 0. The van der Waals surface area contributed by atoms with Gasteiger partial charge in [0.2, 0.25) is 5.52 Å². The van der Waals surface area contributed by atoms with Gasteiger partial charge in [0.1, 0.15) is 11.6 Å². The van der Waals surface area contributed by atoms with Gasteiger partial charge in [0, 0.05) is 38.7 Å². The predicted octanol–water partition coefficient (Wildman–Crippen LogP) is 6.04. The van der Waals surface area contributed by atoms with Gasteiger partial charge >= 0.3 is 0 Å². The van der Waals surface area contributed by atoms with Crippen LogP contribution in [0.4, 0.5) is 0 Å². The first-order valence-electron chi connectivity index (χ1n) is 13.0. The summed E-state index contributed by atoms with van der Waals surface area (Å²) in [5.41, 5.74) is 7.12. The van der Waals surface area contributed by atoms with Crippen molar-refractivity contribution < 1.29 is 14.4 Å². The molecule has 4 aromatic carbocycles. The van der Waals surface area contributed by atoms with Crippen molar-refractivity contribution >= 4 is 43.5 Å². The minimum absolute atomic E-state index is 0.143. The van der Waals surface area contributed by atoms with E-state index in [9.17, 15) is 5.11 Å². The Morgan fingerprint density at radius 2 is 1.68 bits per heavy atom. The molecule has 5 heteroatoms. The van der Waals surface area contributed by atoms with Gasteiger partial charge in [-0.15, -0.1) is 0 Å². The fraction of sp³-hybridized carbons (Fsp3) is 0.250. The molecule has 37 heavy (non-hydrogen) atoms. The molecule has 0 fully saturated rings. The van der Waals surface area contributed by atoms with E-state index in [0.717, 1.165) is 17.5 Å². The Kier molecular flexibility index (Phi) is 5.24. The number of aliphatic hydroxyl groups excluding tert-OH is 1. The van der Waals surface area contributed by atoms with Crippen LogP contribution in [0.15, 0.2) is 79.1 Å². The van der Waals surface area contributed by atoms with Crippen LogP contribution in [0.1, 0.15) is 30.4 Å². The number of nitrogens with zero attached hydrogens (tertiary/aromatic N) is 3. The highest BCUT2D eigenvalue weighted by Crippen LogP contribution is 2.47. The van der Waals surface area contributed by atoms with Gasteiger partial charge < -0.3 is 14.4 Å². The SMILES string of the molecule is COCCC1C(CCO)c2ccc3ccccc3c2-c2c3c(nc[n+]21)c1cc2ccccc2cc1n3C. The third-order valence-electron chi connectivity index (χ3n) is 8.31. The monoisotopic (exact) mass is 488 g/mol. The van der Waals surface area contributed by atoms with Gasteiger partial charge in [-0.1, -0.05) is 60.7 Å². The van der Waals surface area contributed by atoms with E-state index < -0.39 is 0 Å². The lowest BCUT2D eigenvalue weighted by molar-refractivity contribution is -0.720. The number of methoxy groups -OCH3 is 1. The summed E-state index contributed by atoms with van der Waals surface area (Å²) in [5.74, 6) is 0.175. The fourth-order valence-electron chi connectivity index (χ4n) is 6.63. The maximum Gasteiger partial charge on any atom is 0.287 e. The summed E-state index contributed by atoms with van der Waals surface area (Å²) in [5, 5.41) is 16.2. The first-order chi connectivity index (χ1) is 18.2. The standard InChI is InChI=1S/C32H30N3O2/c1-34-28-18-22-9-4-3-8-21(22)17-26(28)30-32(34)31-29-23-10-6-5-7-20(23)11-12-25(29)24(13-15-36)27(14-16-37-2)35(31)19-33-30/h3-12,17-19,24,27,36H,13-16H2,1-2H3/q+1. The number of fused-ring (bicyclic) bond motifs is 10. The number of ether oxygens (including phenoxy) is 1. The van der Waals surface area contributed by atoms with Crippen molar-refractivity contribution in [1.29, 1.82) is 0 Å². The van der Waals surface area contributed by atoms with Gasteiger partial charge in [0.15, 0.2) is 5.69 Å². The molecular weight excluding hydrogens is 458 g/mol. The van der Waals surface area contributed by atoms with Crippen molar-refractivity contribution in [3.05, 3.63) is 84.7 Å². The first-order valence-corrected chi connectivity index (χ1v) is 13.0. The van der Waals surface area contributed by atoms with E-state index in [1.165, 1.54) is 49.3 Å². The highest BCUT2D eigenvalue weighted by atomic mass is 16.5. The van der Waals surface area contributed by atoms with E-state index in [2.05, 4.69) is 89.0 Å². The van der Waals surface area contributed by atoms with E-state index in [1.54, 1.807) is 7.11 Å². The van der Waals surface area contributed by atoms with Crippen LogP contribution in [0.5, 0.6) is 0 Å². The number of aromatic nitrogens is 3. The molecule has 1 aliphatic heterocycles. The van der Waals surface area contributed by atoms with E-state index in [-0.39, 0.29) is 18.6 Å². The van der Waals surface area contributed by atoms with E-state index in [1.807, 2.05) is 6.33 Å². The van der Waals surface area contributed by atoms with Crippen LogP contribution in [0.25, 0.3) is 54.7 Å². The van der Waals surface area contributed by atoms with Crippen molar-refractivity contribution in [3.8, 4) is 11.3 Å². The molecule has 0 bridgehead atoms. The molecule has 6 aromatic rings. The van der Waals surface area contributed by atoms with Crippen molar-refractivity contribution in [2.75, 3.05) is 20.3 Å². The van der Waals surface area contributed by atoms with E-state index >= 15 is 0 Å². The molecule has 7 rings (SSSR count). The Morgan fingerprint density at radius 1 is 0.919 bits per heavy atom. The normalized spacial score (nSPS) is 17.1. The minimum Gasteiger partial charge on any atom is -0.396 e. The van der Waals surface area contributed by atoms with Crippen LogP contribution < -0.4 is 4.57 Å². The van der Waals surface area contributed by atoms with Gasteiger partial charge in [-0.05, 0) is 50.6 Å². The van der Waals surface area contributed by atoms with Gasteiger partial charge in [-0.3, -0.25) is 0 Å². The summed E-state index contributed by atoms with van der Waals surface area (Å²) in [6, 6.07) is 26.4. The molecule has 0 spiro atoms. The second-order valence-electron chi connectivity index (χ2n) is 10.2. The molecule has 2 atom stereocenters. The zero-order valence-electron chi connectivity index (χ0n) is 21.2. The third kappa shape index (κ3) is 3.24. The Bertz CT molecular complexity index is 1820. The number of rotatable bonds is 5. The Hall–Kier alpha value is -3.80. The molecule has 1 aliphatic rings. The average molecular weight is 489 g/mol. The number of benzene rings is 4. The molecule has 0 amide bonds. The van der Waals surface area contributed by atoms with Crippen LogP contribution in [0.3, 0.4) is 0 Å². The fourth-order valence-corrected chi connectivity index (χ4v) is 6.63. The molecule has 3 heterocycles. The molecule has 1 N–H and O–H groups in total. The van der Waals surface area contributed by atoms with Gasteiger partial charge in [-0.2, -0.15) is 0 Å². The quantitative estimate of drug-likeness (QED) is 0.301. The van der Waals surface area contributed by atoms with Crippen LogP contribution in [-0.4, -0.2) is 35.0 Å². The summed E-state index contributed by atoms with van der Waals surface area (Å²) in [7, 11) is 3.92. The second kappa shape index (κ2) is 8.65. The molecule has 0 aliphatic carbocycles. The summed E-state index contributed by atoms with van der Waals surface area (Å²) in [4.78, 5) is 5.09. The second-order valence-corrected chi connectivity index (χ2v) is 10.2. The number of hydrogen-bond donors (Lipinski definition) is 1. The summed E-state index contributed by atoms with van der Waals surface area (Å²) in [6.07, 6.45) is 3.58. The molecule has 0 saturated carbocycles. The molecule has 0 radical (unpaired) electrons. The lowest BCUT2D eigenvalue weighted by atomic mass is 9.78. The molecule has 184 valence electrons. The molecule has 5 nitrogen and oxygen atoms in total.